The van der Waals surface area contributed by atoms with E-state index in [-0.39, 0.29) is 12.2 Å². The second-order valence-corrected chi connectivity index (χ2v) is 9.67. The first-order chi connectivity index (χ1) is 18.3. The fraction of sp³-hybridized carbons (Fsp3) is 0.241. The zero-order valence-electron chi connectivity index (χ0n) is 21.3. The van der Waals surface area contributed by atoms with Gasteiger partial charge in [0.1, 0.15) is 0 Å². The summed E-state index contributed by atoms with van der Waals surface area (Å²) < 4.78 is 24.3. The van der Waals surface area contributed by atoms with E-state index in [1.807, 2.05) is 50.5 Å². The number of rotatable bonds is 5. The number of aromatic nitrogens is 5. The molecule has 0 atom stereocenters. The average molecular weight is 512 g/mol. The Morgan fingerprint density at radius 3 is 2.74 bits per heavy atom. The maximum absolute atomic E-state index is 15.3. The summed E-state index contributed by atoms with van der Waals surface area (Å²) in [6, 6.07) is 11.3. The van der Waals surface area contributed by atoms with Crippen molar-refractivity contribution in [3.63, 3.8) is 0 Å². The van der Waals surface area contributed by atoms with Crippen molar-refractivity contribution in [1.29, 1.82) is 0 Å². The molecule has 1 aliphatic rings. The lowest BCUT2D eigenvalue weighted by Crippen LogP contribution is -2.14. The Kier molecular flexibility index (Phi) is 5.71. The van der Waals surface area contributed by atoms with Crippen molar-refractivity contribution < 1.29 is 19.0 Å². The highest BCUT2D eigenvalue weighted by Crippen LogP contribution is 2.39. The molecule has 0 bridgehead atoms. The molecule has 0 amide bonds. The molecule has 8 nitrogen and oxygen atoms in total. The second-order valence-electron chi connectivity index (χ2n) is 9.67. The minimum absolute atomic E-state index is 0.259. The number of halogens is 1. The van der Waals surface area contributed by atoms with Crippen LogP contribution in [0.5, 0.6) is 5.75 Å². The van der Waals surface area contributed by atoms with Gasteiger partial charge in [-0.1, -0.05) is 18.2 Å². The summed E-state index contributed by atoms with van der Waals surface area (Å²) in [4.78, 5) is 16.6. The van der Waals surface area contributed by atoms with E-state index in [9.17, 15) is 9.90 Å². The molecule has 3 aromatic heterocycles. The van der Waals surface area contributed by atoms with E-state index in [1.54, 1.807) is 22.3 Å². The molecule has 4 heterocycles. The number of carbonyl (C=O) groups is 1. The Morgan fingerprint density at radius 1 is 1.16 bits per heavy atom. The predicted molar refractivity (Wildman–Crippen MR) is 141 cm³/mol. The van der Waals surface area contributed by atoms with Crippen LogP contribution in [-0.4, -0.2) is 42.1 Å². The van der Waals surface area contributed by atoms with Crippen molar-refractivity contribution >= 4 is 11.6 Å². The van der Waals surface area contributed by atoms with Gasteiger partial charge >= 0.3 is 5.97 Å². The zero-order chi connectivity index (χ0) is 26.6. The van der Waals surface area contributed by atoms with E-state index in [0.29, 0.717) is 46.9 Å². The Morgan fingerprint density at radius 2 is 1.97 bits per heavy atom. The first-order valence-electron chi connectivity index (χ1n) is 12.5. The predicted octanol–water partition coefficient (Wildman–Crippen LogP) is 5.17. The summed E-state index contributed by atoms with van der Waals surface area (Å²) >= 11 is 0. The standard InChI is InChI=1S/C29H26FN5O3/c1-16-21-8-5-9-38-29(21)24(30)11-22(16)28-23(12-27(36)37)17(2)32-26-13-25(33-35(26)28)19-7-4-6-18(10-19)20-14-31-34(3)15-20/h4,6-7,10-11,13-15H,5,8-9,12H2,1-3H3,(H,36,37). The first kappa shape index (κ1) is 23.8. The minimum atomic E-state index is -0.994. The first-order valence-corrected chi connectivity index (χ1v) is 12.5. The van der Waals surface area contributed by atoms with Crippen LogP contribution in [0, 0.1) is 19.7 Å². The van der Waals surface area contributed by atoms with Crippen LogP contribution in [0.25, 0.3) is 39.3 Å². The van der Waals surface area contributed by atoms with Gasteiger partial charge in [0.25, 0.3) is 0 Å². The van der Waals surface area contributed by atoms with Gasteiger partial charge in [0.2, 0.25) is 0 Å². The summed E-state index contributed by atoms with van der Waals surface area (Å²) in [5.74, 6) is -1.17. The van der Waals surface area contributed by atoms with E-state index < -0.39 is 11.8 Å². The Labute approximate surface area is 218 Å². The molecule has 0 fully saturated rings. The fourth-order valence-electron chi connectivity index (χ4n) is 5.27. The number of aryl methyl sites for hydroxylation is 2. The van der Waals surface area contributed by atoms with Gasteiger partial charge in [-0.05, 0) is 49.9 Å². The molecule has 192 valence electrons. The van der Waals surface area contributed by atoms with Crippen molar-refractivity contribution in [3.8, 4) is 39.4 Å². The summed E-state index contributed by atoms with van der Waals surface area (Å²) in [5.41, 5.74) is 7.96. The lowest BCUT2D eigenvalue weighted by atomic mass is 9.91. The smallest absolute Gasteiger partial charge is 0.307 e. The molecule has 5 aromatic rings. The number of hydrogen-bond donors (Lipinski definition) is 1. The average Bonchev–Trinajstić information content (AvgIpc) is 3.53. The van der Waals surface area contributed by atoms with E-state index in [2.05, 4.69) is 10.1 Å². The quantitative estimate of drug-likeness (QED) is 0.350. The van der Waals surface area contributed by atoms with Crippen LogP contribution in [0.15, 0.2) is 48.8 Å². The van der Waals surface area contributed by atoms with E-state index in [0.717, 1.165) is 34.2 Å². The topological polar surface area (TPSA) is 94.5 Å². The minimum Gasteiger partial charge on any atom is -0.490 e. The molecule has 2 aromatic carbocycles. The number of carboxylic acid groups (broad SMARTS) is 1. The van der Waals surface area contributed by atoms with E-state index in [1.165, 1.54) is 6.07 Å². The second kappa shape index (κ2) is 9.09. The molecule has 9 heteroatoms. The molecule has 0 radical (unpaired) electrons. The number of aliphatic carboxylic acids is 1. The molecule has 0 unspecified atom stereocenters. The molecule has 38 heavy (non-hydrogen) atoms. The summed E-state index contributed by atoms with van der Waals surface area (Å²) in [6.07, 6.45) is 4.98. The number of carboxylic acids is 1. The van der Waals surface area contributed by atoms with E-state index >= 15 is 4.39 Å². The molecular formula is C29H26FN5O3. The number of benzene rings is 2. The van der Waals surface area contributed by atoms with Gasteiger partial charge < -0.3 is 9.84 Å². The van der Waals surface area contributed by atoms with Crippen LogP contribution in [0.1, 0.15) is 28.8 Å². The van der Waals surface area contributed by atoms with Crippen molar-refractivity contribution in [2.75, 3.05) is 6.61 Å². The van der Waals surface area contributed by atoms with Gasteiger partial charge in [-0.25, -0.2) is 13.9 Å². The molecule has 1 N–H and O–H groups in total. The Balaban J connectivity index is 1.58. The fourth-order valence-corrected chi connectivity index (χ4v) is 5.27. The van der Waals surface area contributed by atoms with Gasteiger partial charge in [-0.3, -0.25) is 9.48 Å². The summed E-state index contributed by atoms with van der Waals surface area (Å²) in [5, 5.41) is 18.9. The number of ether oxygens (including phenoxy) is 1. The van der Waals surface area contributed by atoms with Crippen LogP contribution in [0.2, 0.25) is 0 Å². The van der Waals surface area contributed by atoms with Crippen LogP contribution in [0.3, 0.4) is 0 Å². The maximum Gasteiger partial charge on any atom is 0.307 e. The zero-order valence-corrected chi connectivity index (χ0v) is 21.3. The van der Waals surface area contributed by atoms with Crippen LogP contribution < -0.4 is 4.74 Å². The number of nitrogens with zero attached hydrogens (tertiary/aromatic N) is 5. The molecule has 0 saturated heterocycles. The Hall–Kier alpha value is -4.53. The number of hydrogen-bond acceptors (Lipinski definition) is 5. The maximum atomic E-state index is 15.3. The molecule has 0 saturated carbocycles. The Bertz CT molecular complexity index is 1740. The monoisotopic (exact) mass is 511 g/mol. The normalized spacial score (nSPS) is 12.9. The molecule has 6 rings (SSSR count). The van der Waals surface area contributed by atoms with E-state index in [4.69, 9.17) is 9.84 Å². The molecule has 1 aliphatic heterocycles. The van der Waals surface area contributed by atoms with Crippen LogP contribution >= 0.6 is 0 Å². The SMILES string of the molecule is Cc1nc2cc(-c3cccc(-c4cnn(C)c4)c3)nn2c(-c2cc(F)c3c(c2C)CCCO3)c1CC(=O)O. The largest absolute Gasteiger partial charge is 0.490 e. The highest BCUT2D eigenvalue weighted by molar-refractivity contribution is 5.80. The van der Waals surface area contributed by atoms with Crippen LogP contribution in [0.4, 0.5) is 4.39 Å². The van der Waals surface area contributed by atoms with Gasteiger partial charge in [0.15, 0.2) is 17.2 Å². The van der Waals surface area contributed by atoms with Gasteiger partial charge in [-0.2, -0.15) is 10.2 Å². The third-order valence-electron chi connectivity index (χ3n) is 7.12. The van der Waals surface area contributed by atoms with Crippen molar-refractivity contribution in [3.05, 3.63) is 77.0 Å². The third-order valence-corrected chi connectivity index (χ3v) is 7.12. The lowest BCUT2D eigenvalue weighted by Gasteiger charge is -2.23. The van der Waals surface area contributed by atoms with Crippen molar-refractivity contribution in [2.24, 2.45) is 7.05 Å². The highest BCUT2D eigenvalue weighted by atomic mass is 19.1. The van der Waals surface area contributed by atoms with Crippen molar-refractivity contribution in [1.82, 2.24) is 24.4 Å². The van der Waals surface area contributed by atoms with Gasteiger partial charge in [0.05, 0.1) is 30.6 Å². The molecule has 0 spiro atoms. The molecule has 0 aliphatic carbocycles. The third kappa shape index (κ3) is 4.00. The van der Waals surface area contributed by atoms with Crippen molar-refractivity contribution in [2.45, 2.75) is 33.1 Å². The molecular weight excluding hydrogens is 485 g/mol. The van der Waals surface area contributed by atoms with Crippen LogP contribution in [-0.2, 0) is 24.7 Å². The summed E-state index contributed by atoms with van der Waals surface area (Å²) in [7, 11) is 1.87. The van der Waals surface area contributed by atoms with Gasteiger partial charge in [-0.15, -0.1) is 0 Å². The highest BCUT2D eigenvalue weighted by Gasteiger charge is 2.26. The number of fused-ring (bicyclic) bond motifs is 2. The van der Waals surface area contributed by atoms with Gasteiger partial charge in [0, 0.05) is 52.8 Å². The lowest BCUT2D eigenvalue weighted by molar-refractivity contribution is -0.136. The summed E-state index contributed by atoms with van der Waals surface area (Å²) in [6.45, 7) is 4.19.